The third kappa shape index (κ3) is 6.37. The van der Waals surface area contributed by atoms with E-state index >= 15 is 0 Å². The lowest BCUT2D eigenvalue weighted by atomic mass is 10.4. The summed E-state index contributed by atoms with van der Waals surface area (Å²) in [6, 6.07) is 1.03. The number of unbranched alkanes of at least 4 members (excludes halogenated alkanes) is 2. The molecule has 0 aromatic rings. The van der Waals surface area contributed by atoms with Crippen molar-refractivity contribution in [3.63, 3.8) is 0 Å². The molecule has 0 heterocycles. The molecule has 0 aliphatic rings. The first kappa shape index (κ1) is 17.6. The Labute approximate surface area is 117 Å². The molecule has 0 radical (unpaired) electrons. The van der Waals surface area contributed by atoms with Crippen LogP contribution in [0, 0.1) is 0 Å². The number of hydrogen-bond donors (Lipinski definition) is 0. The molecule has 4 heteroatoms. The maximum atomic E-state index is 6.19. The summed E-state index contributed by atoms with van der Waals surface area (Å²) < 4.78 is 12.8. The van der Waals surface area contributed by atoms with Gasteiger partial charge in [0.1, 0.15) is 0 Å². The number of halogens is 1. The molecule has 0 amide bonds. The van der Waals surface area contributed by atoms with Crippen LogP contribution in [-0.4, -0.2) is 26.2 Å². The minimum Gasteiger partial charge on any atom is -0.394 e. The Morgan fingerprint density at radius 3 is 1.71 bits per heavy atom. The highest BCUT2D eigenvalue weighted by molar-refractivity contribution is 9.10. The summed E-state index contributed by atoms with van der Waals surface area (Å²) in [4.78, 5) is 0. The largest absolute Gasteiger partial charge is 0.394 e. The van der Waals surface area contributed by atoms with Crippen molar-refractivity contribution in [1.29, 1.82) is 0 Å². The second kappa shape index (κ2) is 10.5. The quantitative estimate of drug-likeness (QED) is 0.309. The highest BCUT2D eigenvalue weighted by atomic mass is 79.9. The molecule has 17 heavy (non-hydrogen) atoms. The van der Waals surface area contributed by atoms with Gasteiger partial charge in [-0.25, -0.2) is 0 Å². The van der Waals surface area contributed by atoms with Crippen LogP contribution in [0.4, 0.5) is 0 Å². The topological polar surface area (TPSA) is 18.5 Å². The van der Waals surface area contributed by atoms with Gasteiger partial charge in [-0.15, -0.1) is 0 Å². The lowest BCUT2D eigenvalue weighted by Crippen LogP contribution is -2.50. The maximum absolute atomic E-state index is 6.19. The molecule has 2 nitrogen and oxygen atoms in total. The molecule has 0 saturated carbocycles. The fourth-order valence-corrected chi connectivity index (χ4v) is 6.40. The van der Waals surface area contributed by atoms with Crippen molar-refractivity contribution in [2.75, 3.05) is 13.2 Å². The van der Waals surface area contributed by atoms with Crippen molar-refractivity contribution < 1.29 is 8.85 Å². The van der Waals surface area contributed by atoms with Gasteiger partial charge < -0.3 is 8.85 Å². The van der Waals surface area contributed by atoms with Gasteiger partial charge in [0, 0.05) is 13.2 Å². The second-order valence-corrected chi connectivity index (χ2v) is 10.0. The molecule has 1 atom stereocenters. The van der Waals surface area contributed by atoms with E-state index in [1.165, 1.54) is 12.8 Å². The third-order valence-electron chi connectivity index (χ3n) is 3.02. The lowest BCUT2D eigenvalue weighted by molar-refractivity contribution is 0.162. The van der Waals surface area contributed by atoms with Crippen LogP contribution in [0.3, 0.4) is 0 Å². The number of alkyl halides is 1. The Morgan fingerprint density at radius 1 is 0.941 bits per heavy atom. The molecular weight excluding hydrogens is 296 g/mol. The van der Waals surface area contributed by atoms with Crippen LogP contribution in [0.25, 0.3) is 0 Å². The number of rotatable bonds is 11. The van der Waals surface area contributed by atoms with Gasteiger partial charge in [0.15, 0.2) is 0 Å². The molecule has 0 bridgehead atoms. The summed E-state index contributed by atoms with van der Waals surface area (Å²) >= 11 is 3.78. The van der Waals surface area contributed by atoms with Crippen molar-refractivity contribution >= 4 is 24.5 Å². The van der Waals surface area contributed by atoms with Crippen LogP contribution >= 0.6 is 15.9 Å². The molecule has 0 fully saturated rings. The standard InChI is InChI=1S/C13H29BrO2Si/c1-5-9-11-15-17(8-4,13(14)7-3)16-12-10-6-2/h13H,5-12H2,1-4H3. The molecule has 0 N–H and O–H groups in total. The molecule has 0 aromatic heterocycles. The zero-order valence-corrected chi connectivity index (χ0v) is 14.5. The zero-order valence-electron chi connectivity index (χ0n) is 11.9. The lowest BCUT2D eigenvalue weighted by Gasteiger charge is -2.33. The predicted octanol–water partition coefficient (Wildman–Crippen LogP) is 4.79. The molecular formula is C13H29BrO2Si. The SMILES string of the molecule is CCCCO[Si](CC)(OCCCC)C(Br)CC. The summed E-state index contributed by atoms with van der Waals surface area (Å²) in [6.45, 7) is 10.5. The summed E-state index contributed by atoms with van der Waals surface area (Å²) in [5.41, 5.74) is 0. The van der Waals surface area contributed by atoms with E-state index in [9.17, 15) is 0 Å². The minimum absolute atomic E-state index is 0.411. The Kier molecular flexibility index (Phi) is 10.9. The first-order valence-corrected chi connectivity index (χ1v) is 10.1. The fourth-order valence-electron chi connectivity index (χ4n) is 1.74. The van der Waals surface area contributed by atoms with E-state index in [2.05, 4.69) is 43.6 Å². The van der Waals surface area contributed by atoms with Gasteiger partial charge in [-0.2, -0.15) is 0 Å². The van der Waals surface area contributed by atoms with Crippen LogP contribution < -0.4 is 0 Å². The van der Waals surface area contributed by atoms with Gasteiger partial charge in [0.05, 0.1) is 4.45 Å². The Balaban J connectivity index is 4.39. The van der Waals surface area contributed by atoms with Gasteiger partial charge in [-0.1, -0.05) is 56.5 Å². The normalized spacial score (nSPS) is 13.9. The van der Waals surface area contributed by atoms with Crippen molar-refractivity contribution in [3.8, 4) is 0 Å². The second-order valence-electron chi connectivity index (χ2n) is 4.45. The van der Waals surface area contributed by atoms with E-state index in [4.69, 9.17) is 8.85 Å². The monoisotopic (exact) mass is 324 g/mol. The molecule has 0 aliphatic heterocycles. The smallest absolute Gasteiger partial charge is 0.351 e. The van der Waals surface area contributed by atoms with Crippen molar-refractivity contribution in [2.45, 2.75) is 70.3 Å². The Hall–Kier alpha value is 0.617. The Bertz CT molecular complexity index is 169. The highest BCUT2D eigenvalue weighted by Crippen LogP contribution is 2.27. The van der Waals surface area contributed by atoms with Crippen LogP contribution in [0.2, 0.25) is 6.04 Å². The molecule has 0 aliphatic carbocycles. The van der Waals surface area contributed by atoms with Gasteiger partial charge in [-0.05, 0) is 25.3 Å². The fraction of sp³-hybridized carbons (Fsp3) is 1.00. The van der Waals surface area contributed by atoms with Gasteiger partial charge in [0.25, 0.3) is 0 Å². The molecule has 0 saturated heterocycles. The summed E-state index contributed by atoms with van der Waals surface area (Å²) in [7, 11) is -2.03. The van der Waals surface area contributed by atoms with Crippen molar-refractivity contribution in [3.05, 3.63) is 0 Å². The van der Waals surface area contributed by atoms with Gasteiger partial charge in [-0.3, -0.25) is 0 Å². The summed E-state index contributed by atoms with van der Waals surface area (Å²) in [5.74, 6) is 0. The Morgan fingerprint density at radius 2 is 1.41 bits per heavy atom. The maximum Gasteiger partial charge on any atom is 0.351 e. The number of hydrogen-bond acceptors (Lipinski definition) is 2. The van der Waals surface area contributed by atoms with Crippen LogP contribution in [-0.2, 0) is 8.85 Å². The average Bonchev–Trinajstić information content (AvgIpc) is 2.36. The molecule has 104 valence electrons. The summed E-state index contributed by atoms with van der Waals surface area (Å²) in [6.07, 6.45) is 5.72. The van der Waals surface area contributed by atoms with E-state index in [1.54, 1.807) is 0 Å². The third-order valence-corrected chi connectivity index (χ3v) is 9.49. The molecule has 0 aromatic carbocycles. The first-order valence-electron chi connectivity index (χ1n) is 7.08. The van der Waals surface area contributed by atoms with Gasteiger partial charge >= 0.3 is 8.56 Å². The van der Waals surface area contributed by atoms with Crippen LogP contribution in [0.15, 0.2) is 0 Å². The van der Waals surface area contributed by atoms with E-state index in [0.717, 1.165) is 38.5 Å². The predicted molar refractivity (Wildman–Crippen MR) is 81.0 cm³/mol. The molecule has 0 rings (SSSR count). The molecule has 0 spiro atoms. The van der Waals surface area contributed by atoms with Crippen molar-refractivity contribution in [2.24, 2.45) is 0 Å². The van der Waals surface area contributed by atoms with Gasteiger partial charge in [0.2, 0.25) is 0 Å². The van der Waals surface area contributed by atoms with E-state index in [1.807, 2.05) is 0 Å². The van der Waals surface area contributed by atoms with E-state index in [-0.39, 0.29) is 0 Å². The van der Waals surface area contributed by atoms with Crippen LogP contribution in [0.1, 0.15) is 59.8 Å². The minimum atomic E-state index is -2.03. The zero-order chi connectivity index (χ0) is 13.1. The first-order chi connectivity index (χ1) is 8.16. The van der Waals surface area contributed by atoms with E-state index < -0.39 is 8.56 Å². The highest BCUT2D eigenvalue weighted by Gasteiger charge is 2.42. The summed E-state index contributed by atoms with van der Waals surface area (Å²) in [5, 5.41) is 0. The van der Waals surface area contributed by atoms with Crippen LogP contribution in [0.5, 0.6) is 0 Å². The average molecular weight is 325 g/mol. The van der Waals surface area contributed by atoms with Crippen molar-refractivity contribution in [1.82, 2.24) is 0 Å². The van der Waals surface area contributed by atoms with E-state index in [0.29, 0.717) is 4.45 Å². The molecule has 1 unspecified atom stereocenters.